The molecule has 0 radical (unpaired) electrons. The van der Waals surface area contributed by atoms with Crippen LogP contribution in [0, 0.1) is 13.8 Å². The summed E-state index contributed by atoms with van der Waals surface area (Å²) in [5.41, 5.74) is 5.13. The van der Waals surface area contributed by atoms with Crippen LogP contribution in [0.5, 0.6) is 11.5 Å². The van der Waals surface area contributed by atoms with E-state index in [-0.39, 0.29) is 17.8 Å². The molecule has 1 fully saturated rings. The number of hydrogen-bond donors (Lipinski definition) is 3. The van der Waals surface area contributed by atoms with Crippen molar-refractivity contribution in [3.63, 3.8) is 0 Å². The van der Waals surface area contributed by atoms with Crippen molar-refractivity contribution < 1.29 is 18.3 Å². The molecule has 1 aliphatic rings. The van der Waals surface area contributed by atoms with Gasteiger partial charge in [-0.2, -0.15) is 0 Å². The van der Waals surface area contributed by atoms with Crippen molar-refractivity contribution in [3.05, 3.63) is 94.5 Å². The molecule has 1 saturated heterocycles. The Morgan fingerprint density at radius 2 is 1.90 bits per heavy atom. The molecule has 3 N–H and O–H groups in total. The van der Waals surface area contributed by atoms with Gasteiger partial charge < -0.3 is 24.6 Å². The quantitative estimate of drug-likeness (QED) is 0.243. The first kappa shape index (κ1) is 27.8. The molecule has 2 aromatic heterocycles. The number of hydrogen-bond acceptors (Lipinski definition) is 6. The van der Waals surface area contributed by atoms with Gasteiger partial charge in [-0.1, -0.05) is 17.7 Å². The van der Waals surface area contributed by atoms with E-state index in [0.29, 0.717) is 32.9 Å². The Labute approximate surface area is 243 Å². The maximum absolute atomic E-state index is 11.9. The highest BCUT2D eigenvalue weighted by molar-refractivity contribution is 7.92. The maximum Gasteiger partial charge on any atom is 0.229 e. The standard InChI is InChI=1S/C28H28ClN5O4S2/c1-16-13-20(17(2)33(16)23-14-18(29)8-11-24(23)35)27-26(22-7-5-6-12-30-22)31-28(39)34(27)19-9-10-21(25(15-19)38-3)32-40(4,36)37/h5-15,26-27,32,35H,1-4H3,(H,31,39)/t26-,27-/m0/s1. The highest BCUT2D eigenvalue weighted by Crippen LogP contribution is 2.45. The lowest BCUT2D eigenvalue weighted by atomic mass is 9.96. The summed E-state index contributed by atoms with van der Waals surface area (Å²) in [5, 5.41) is 15.1. The van der Waals surface area contributed by atoms with Gasteiger partial charge in [-0.3, -0.25) is 9.71 Å². The summed E-state index contributed by atoms with van der Waals surface area (Å²) in [6, 6.07) is 17.3. The van der Waals surface area contributed by atoms with E-state index in [9.17, 15) is 13.5 Å². The zero-order valence-corrected chi connectivity index (χ0v) is 24.6. The average Bonchev–Trinajstić information content (AvgIpc) is 3.40. The van der Waals surface area contributed by atoms with Gasteiger partial charge in [0.2, 0.25) is 10.0 Å². The number of benzene rings is 2. The van der Waals surface area contributed by atoms with Crippen LogP contribution in [0.25, 0.3) is 5.69 Å². The Bertz CT molecular complexity index is 1710. The Hall–Kier alpha value is -3.80. The van der Waals surface area contributed by atoms with Crippen molar-refractivity contribution in [1.29, 1.82) is 0 Å². The summed E-state index contributed by atoms with van der Waals surface area (Å²) in [6.45, 7) is 3.95. The summed E-state index contributed by atoms with van der Waals surface area (Å²) in [7, 11) is -2.04. The van der Waals surface area contributed by atoms with E-state index in [1.165, 1.54) is 7.11 Å². The van der Waals surface area contributed by atoms with Gasteiger partial charge in [0.15, 0.2) is 5.11 Å². The molecule has 0 saturated carbocycles. The second-order valence-electron chi connectivity index (χ2n) is 9.55. The number of aromatic nitrogens is 2. The minimum atomic E-state index is -3.51. The lowest BCUT2D eigenvalue weighted by Crippen LogP contribution is -2.29. The number of pyridine rings is 1. The van der Waals surface area contributed by atoms with Crippen LogP contribution in [0.2, 0.25) is 5.02 Å². The summed E-state index contributed by atoms with van der Waals surface area (Å²) in [5.74, 6) is 0.453. The number of methoxy groups -OCH3 is 1. The van der Waals surface area contributed by atoms with Gasteiger partial charge in [0, 0.05) is 34.4 Å². The number of thiocarbonyl (C=S) groups is 1. The summed E-state index contributed by atoms with van der Waals surface area (Å²) >= 11 is 12.2. The topological polar surface area (TPSA) is 109 Å². The van der Waals surface area contributed by atoms with Crippen molar-refractivity contribution >= 4 is 50.3 Å². The normalized spacial score (nSPS) is 17.1. The number of anilines is 2. The van der Waals surface area contributed by atoms with Crippen molar-refractivity contribution in [2.45, 2.75) is 25.9 Å². The van der Waals surface area contributed by atoms with Gasteiger partial charge in [0.1, 0.15) is 11.5 Å². The van der Waals surface area contributed by atoms with Crippen LogP contribution in [0.3, 0.4) is 0 Å². The molecule has 2 aromatic carbocycles. The van der Waals surface area contributed by atoms with Crippen LogP contribution in [0.15, 0.2) is 66.9 Å². The fraction of sp³-hybridized carbons (Fsp3) is 0.214. The Kier molecular flexibility index (Phi) is 7.38. The Balaban J connectivity index is 1.68. The van der Waals surface area contributed by atoms with Gasteiger partial charge in [-0.15, -0.1) is 0 Å². The molecule has 5 rings (SSSR count). The molecule has 208 valence electrons. The van der Waals surface area contributed by atoms with Crippen LogP contribution in [-0.2, 0) is 10.0 Å². The lowest BCUT2D eigenvalue weighted by molar-refractivity contribution is 0.417. The first-order chi connectivity index (χ1) is 19.0. The fourth-order valence-electron chi connectivity index (χ4n) is 5.20. The van der Waals surface area contributed by atoms with Gasteiger partial charge >= 0.3 is 0 Å². The number of halogens is 1. The molecule has 0 unspecified atom stereocenters. The zero-order chi connectivity index (χ0) is 28.8. The molecule has 3 heterocycles. The molecule has 12 heteroatoms. The molecule has 0 spiro atoms. The number of aryl methyl sites for hydroxylation is 1. The predicted octanol–water partition coefficient (Wildman–Crippen LogP) is 5.41. The van der Waals surface area contributed by atoms with Crippen LogP contribution in [0.4, 0.5) is 11.4 Å². The van der Waals surface area contributed by atoms with Crippen molar-refractivity contribution in [2.75, 3.05) is 23.0 Å². The van der Waals surface area contributed by atoms with E-state index in [4.69, 9.17) is 28.6 Å². The number of nitrogens with one attached hydrogen (secondary N) is 2. The largest absolute Gasteiger partial charge is 0.506 e. The summed E-state index contributed by atoms with van der Waals surface area (Å²) < 4.78 is 33.8. The molecular weight excluding hydrogens is 570 g/mol. The number of phenols is 1. The van der Waals surface area contributed by atoms with Crippen molar-refractivity contribution in [1.82, 2.24) is 14.9 Å². The van der Waals surface area contributed by atoms with E-state index in [1.54, 1.807) is 42.6 Å². The van der Waals surface area contributed by atoms with Gasteiger partial charge in [0.05, 0.1) is 42.5 Å². The molecule has 0 amide bonds. The first-order valence-corrected chi connectivity index (χ1v) is 15.0. The molecular formula is C28H28ClN5O4S2. The van der Waals surface area contributed by atoms with E-state index >= 15 is 0 Å². The second-order valence-corrected chi connectivity index (χ2v) is 12.1. The van der Waals surface area contributed by atoms with E-state index < -0.39 is 10.0 Å². The zero-order valence-electron chi connectivity index (χ0n) is 22.2. The maximum atomic E-state index is 11.9. The molecule has 40 heavy (non-hydrogen) atoms. The minimum absolute atomic E-state index is 0.106. The van der Waals surface area contributed by atoms with Crippen molar-refractivity contribution in [2.24, 2.45) is 0 Å². The lowest BCUT2D eigenvalue weighted by Gasteiger charge is -2.29. The summed E-state index contributed by atoms with van der Waals surface area (Å²) in [6.07, 6.45) is 2.82. The number of sulfonamides is 1. The Morgan fingerprint density at radius 3 is 2.58 bits per heavy atom. The fourth-order valence-corrected chi connectivity index (χ4v) is 6.28. The first-order valence-electron chi connectivity index (χ1n) is 12.3. The highest BCUT2D eigenvalue weighted by Gasteiger charge is 2.42. The molecule has 2 atom stereocenters. The molecule has 0 bridgehead atoms. The SMILES string of the molecule is COc1cc(N2C(=S)N[C@@H](c3ccccn3)[C@@H]2c2cc(C)n(-c3cc(Cl)ccc3O)c2C)ccc1NS(C)(=O)=O. The highest BCUT2D eigenvalue weighted by atomic mass is 35.5. The summed E-state index contributed by atoms with van der Waals surface area (Å²) in [4.78, 5) is 6.59. The van der Waals surface area contributed by atoms with Crippen LogP contribution >= 0.6 is 23.8 Å². The number of phenolic OH excluding ortho intramolecular Hbond substituents is 1. The van der Waals surface area contributed by atoms with E-state index in [2.05, 4.69) is 21.1 Å². The Morgan fingerprint density at radius 1 is 1.12 bits per heavy atom. The van der Waals surface area contributed by atoms with Crippen molar-refractivity contribution in [3.8, 4) is 17.2 Å². The van der Waals surface area contributed by atoms with Crippen LogP contribution in [0.1, 0.15) is 34.7 Å². The average molecular weight is 598 g/mol. The van der Waals surface area contributed by atoms with Gasteiger partial charge in [-0.25, -0.2) is 8.42 Å². The minimum Gasteiger partial charge on any atom is -0.506 e. The monoisotopic (exact) mass is 597 g/mol. The molecule has 1 aliphatic heterocycles. The predicted molar refractivity (Wildman–Crippen MR) is 161 cm³/mol. The van der Waals surface area contributed by atoms with Crippen LogP contribution in [-0.4, -0.2) is 41.6 Å². The third kappa shape index (κ3) is 5.19. The van der Waals surface area contributed by atoms with Gasteiger partial charge in [0.25, 0.3) is 0 Å². The number of rotatable bonds is 7. The van der Waals surface area contributed by atoms with E-state index in [0.717, 1.165) is 28.9 Å². The number of nitrogens with zero attached hydrogens (tertiary/aromatic N) is 3. The molecule has 0 aliphatic carbocycles. The second kappa shape index (κ2) is 10.6. The number of aromatic hydroxyl groups is 1. The number of ether oxygens (including phenoxy) is 1. The smallest absolute Gasteiger partial charge is 0.229 e. The van der Waals surface area contributed by atoms with Gasteiger partial charge in [-0.05, 0) is 80.2 Å². The third-order valence-electron chi connectivity index (χ3n) is 6.82. The van der Waals surface area contributed by atoms with E-state index in [1.807, 2.05) is 41.5 Å². The van der Waals surface area contributed by atoms with Crippen LogP contribution < -0.4 is 19.7 Å². The third-order valence-corrected chi connectivity index (χ3v) is 7.96. The molecule has 9 nitrogen and oxygen atoms in total. The molecule has 4 aromatic rings.